The molecule has 0 bridgehead atoms. The van der Waals surface area contributed by atoms with Crippen LogP contribution in [0.1, 0.15) is 28.7 Å². The molecule has 0 radical (unpaired) electrons. The monoisotopic (exact) mass is 882 g/mol. The van der Waals surface area contributed by atoms with Crippen molar-refractivity contribution >= 4 is 59.6 Å². The summed E-state index contributed by atoms with van der Waals surface area (Å²) < 4.78 is 42.7. The van der Waals surface area contributed by atoms with Gasteiger partial charge in [-0.1, -0.05) is 72.9 Å². The normalized spacial score (nSPS) is 12.7. The molecule has 0 atom stereocenters. The van der Waals surface area contributed by atoms with Crippen LogP contribution in [-0.2, 0) is 28.8 Å². The van der Waals surface area contributed by atoms with Crippen molar-refractivity contribution in [2.24, 2.45) is 0 Å². The molecule has 2 amide bonds. The van der Waals surface area contributed by atoms with E-state index in [0.717, 1.165) is 11.1 Å². The summed E-state index contributed by atoms with van der Waals surface area (Å²) in [5.41, 5.74) is 2.76. The van der Waals surface area contributed by atoms with E-state index >= 15 is 0 Å². The third-order valence-electron chi connectivity index (χ3n) is 9.00. The van der Waals surface area contributed by atoms with Crippen LogP contribution in [-0.4, -0.2) is 76.2 Å². The number of esters is 2. The Morgan fingerprint density at radius 1 is 0.477 bits per heavy atom. The summed E-state index contributed by atoms with van der Waals surface area (Å²) in [6.07, 6.45) is 17.5. The predicted octanol–water partition coefficient (Wildman–Crippen LogP) is 6.00. The molecule has 332 valence electrons. The first kappa shape index (κ1) is 45.9. The zero-order chi connectivity index (χ0) is 46.0. The average molecular weight is 883 g/mol. The second-order valence-electron chi connectivity index (χ2n) is 13.6. The maximum atomic E-state index is 12.6. The van der Waals surface area contributed by atoms with Gasteiger partial charge >= 0.3 is 11.9 Å². The summed E-state index contributed by atoms with van der Waals surface area (Å²) in [6, 6.07) is 20.1. The first-order valence-corrected chi connectivity index (χ1v) is 19.8. The Hall–Kier alpha value is -8.66. The number of fused-ring (bicyclic) bond motifs is 2. The van der Waals surface area contributed by atoms with Gasteiger partial charge in [0, 0.05) is 12.2 Å². The highest BCUT2D eigenvalue weighted by Gasteiger charge is 2.15. The van der Waals surface area contributed by atoms with Crippen LogP contribution < -0.4 is 48.5 Å². The zero-order valence-electron chi connectivity index (χ0n) is 35.1. The molecule has 0 aliphatic carbocycles. The van der Waals surface area contributed by atoms with Gasteiger partial charge in [0.25, 0.3) is 0 Å². The summed E-state index contributed by atoms with van der Waals surface area (Å²) in [6.45, 7) is -0.459. The van der Waals surface area contributed by atoms with Crippen molar-refractivity contribution in [3.8, 4) is 46.0 Å². The number of amides is 2. The zero-order valence-corrected chi connectivity index (χ0v) is 35.1. The third kappa shape index (κ3) is 14.2. The SMILES string of the molecule is COc1cc(/C=C/C(=O)CC(=O)/C=C/c2ccc(OC(=O)CNC(=O)/C=C/C=C/c3ccc4c(c3)OCO4)c(OC)c2)ccc1OC(=O)CNC(=O)/C=C/C=C/c1ccc2c(c1)OCO2. The molecular formula is C49H42N2O14. The molecule has 16 heteroatoms. The number of benzene rings is 4. The summed E-state index contributed by atoms with van der Waals surface area (Å²) in [4.78, 5) is 74.5. The highest BCUT2D eigenvalue weighted by molar-refractivity contribution is 6.11. The summed E-state index contributed by atoms with van der Waals surface area (Å²) in [5.74, 6) is -0.224. The number of hydrogen-bond donors (Lipinski definition) is 2. The van der Waals surface area contributed by atoms with Gasteiger partial charge in [-0.25, -0.2) is 9.59 Å². The molecule has 65 heavy (non-hydrogen) atoms. The Labute approximate surface area is 373 Å². The molecule has 6 rings (SSSR count). The van der Waals surface area contributed by atoms with Crippen molar-refractivity contribution < 1.29 is 66.7 Å². The van der Waals surface area contributed by atoms with Crippen molar-refractivity contribution in [3.63, 3.8) is 0 Å². The molecule has 4 aromatic rings. The van der Waals surface area contributed by atoms with Crippen molar-refractivity contribution in [2.75, 3.05) is 40.9 Å². The van der Waals surface area contributed by atoms with Crippen LogP contribution in [0.4, 0.5) is 0 Å². The van der Waals surface area contributed by atoms with E-state index in [-0.39, 0.29) is 36.6 Å². The lowest BCUT2D eigenvalue weighted by atomic mass is 10.1. The number of allylic oxidation sites excluding steroid dienone is 6. The third-order valence-corrected chi connectivity index (χ3v) is 9.00. The van der Waals surface area contributed by atoms with Crippen molar-refractivity contribution in [1.29, 1.82) is 0 Å². The Kier molecular flexibility index (Phi) is 16.2. The van der Waals surface area contributed by atoms with Gasteiger partial charge in [0.2, 0.25) is 25.4 Å². The van der Waals surface area contributed by atoms with E-state index in [1.165, 1.54) is 87.1 Å². The van der Waals surface area contributed by atoms with Crippen LogP contribution in [0.3, 0.4) is 0 Å². The standard InChI is InChI=1S/C49H42N2O14/c1-58-42-23-34(15-21-40(42)64-48(56)28-50-46(54)9-5-3-7-32-13-19-38-44(25-32)62-30-60-38)11-17-36(52)27-37(53)18-12-35-16-22-41(43(24-35)59-2)65-49(57)29-51-47(55)10-6-4-8-33-14-20-39-45(26-33)63-31-61-39/h3-26H,27-31H2,1-2H3,(H,50,54)(H,51,55)/b7-3+,8-4+,9-5+,10-6+,17-11+,18-12+. The molecule has 0 fully saturated rings. The number of ketones is 2. The molecule has 0 aromatic heterocycles. The van der Waals surface area contributed by atoms with Gasteiger partial charge in [-0.2, -0.15) is 0 Å². The van der Waals surface area contributed by atoms with E-state index in [0.29, 0.717) is 34.1 Å². The molecular weight excluding hydrogens is 841 g/mol. The fourth-order valence-corrected chi connectivity index (χ4v) is 5.82. The van der Waals surface area contributed by atoms with E-state index in [2.05, 4.69) is 10.6 Å². The Morgan fingerprint density at radius 3 is 1.31 bits per heavy atom. The highest BCUT2D eigenvalue weighted by Crippen LogP contribution is 2.34. The van der Waals surface area contributed by atoms with Crippen molar-refractivity contribution in [3.05, 3.63) is 144 Å². The lowest BCUT2D eigenvalue weighted by molar-refractivity contribution is -0.135. The fraction of sp³-hybridized carbons (Fsp3) is 0.143. The summed E-state index contributed by atoms with van der Waals surface area (Å²) in [7, 11) is 2.75. The van der Waals surface area contributed by atoms with Crippen LogP contribution in [0.2, 0.25) is 0 Å². The van der Waals surface area contributed by atoms with Gasteiger partial charge < -0.3 is 48.5 Å². The van der Waals surface area contributed by atoms with Gasteiger partial charge in [0.15, 0.2) is 57.6 Å². The van der Waals surface area contributed by atoms with Gasteiger partial charge in [-0.05, 0) is 82.9 Å². The van der Waals surface area contributed by atoms with Crippen LogP contribution in [0, 0.1) is 0 Å². The fourth-order valence-electron chi connectivity index (χ4n) is 5.82. The molecule has 4 aromatic carbocycles. The smallest absolute Gasteiger partial charge is 0.330 e. The summed E-state index contributed by atoms with van der Waals surface area (Å²) >= 11 is 0. The molecule has 0 spiro atoms. The number of methoxy groups -OCH3 is 2. The molecule has 0 saturated carbocycles. The van der Waals surface area contributed by atoms with Crippen LogP contribution in [0.25, 0.3) is 24.3 Å². The highest BCUT2D eigenvalue weighted by atomic mass is 16.7. The second kappa shape index (κ2) is 23.0. The quantitative estimate of drug-likeness (QED) is 0.0344. The minimum Gasteiger partial charge on any atom is -0.493 e. The average Bonchev–Trinajstić information content (AvgIpc) is 3.99. The Bertz CT molecular complexity index is 2460. The van der Waals surface area contributed by atoms with Gasteiger partial charge in [0.05, 0.1) is 20.6 Å². The molecule has 2 aliphatic heterocycles. The van der Waals surface area contributed by atoms with Crippen LogP contribution in [0.15, 0.2) is 121 Å². The molecule has 2 N–H and O–H groups in total. The van der Waals surface area contributed by atoms with Crippen molar-refractivity contribution in [1.82, 2.24) is 10.6 Å². The van der Waals surface area contributed by atoms with E-state index < -0.39 is 54.8 Å². The number of rotatable bonds is 20. The van der Waals surface area contributed by atoms with E-state index in [1.807, 2.05) is 24.3 Å². The molecule has 0 unspecified atom stereocenters. The first-order valence-electron chi connectivity index (χ1n) is 19.8. The topological polar surface area (TPSA) is 200 Å². The predicted molar refractivity (Wildman–Crippen MR) is 237 cm³/mol. The first-order chi connectivity index (χ1) is 31.5. The largest absolute Gasteiger partial charge is 0.493 e. The number of carbonyl (C=O) groups is 6. The van der Waals surface area contributed by atoms with E-state index in [4.69, 9.17) is 37.9 Å². The minimum atomic E-state index is -0.740. The van der Waals surface area contributed by atoms with Crippen LogP contribution in [0.5, 0.6) is 46.0 Å². The molecule has 2 heterocycles. The number of carbonyl (C=O) groups excluding carboxylic acids is 6. The van der Waals surface area contributed by atoms with Crippen molar-refractivity contribution in [2.45, 2.75) is 6.42 Å². The number of ether oxygens (including phenoxy) is 8. The maximum absolute atomic E-state index is 12.6. The van der Waals surface area contributed by atoms with Gasteiger partial charge in [-0.15, -0.1) is 0 Å². The lowest BCUT2D eigenvalue weighted by Gasteiger charge is -2.10. The van der Waals surface area contributed by atoms with E-state index in [1.54, 1.807) is 48.6 Å². The van der Waals surface area contributed by atoms with Gasteiger partial charge in [-0.3, -0.25) is 19.2 Å². The van der Waals surface area contributed by atoms with Crippen LogP contribution >= 0.6 is 0 Å². The molecule has 16 nitrogen and oxygen atoms in total. The maximum Gasteiger partial charge on any atom is 0.330 e. The number of nitrogens with one attached hydrogen (secondary N) is 2. The Morgan fingerprint density at radius 2 is 0.877 bits per heavy atom. The number of hydrogen-bond acceptors (Lipinski definition) is 14. The molecule has 2 aliphatic rings. The van der Waals surface area contributed by atoms with Gasteiger partial charge in [0.1, 0.15) is 13.1 Å². The minimum absolute atomic E-state index is 0.0947. The second-order valence-corrected chi connectivity index (χ2v) is 13.6. The molecule has 0 saturated heterocycles. The Balaban J connectivity index is 0.896. The summed E-state index contributed by atoms with van der Waals surface area (Å²) in [5, 5.41) is 4.90. The van der Waals surface area contributed by atoms with E-state index in [9.17, 15) is 28.8 Å². The lowest BCUT2D eigenvalue weighted by Crippen LogP contribution is -2.30.